The van der Waals surface area contributed by atoms with Crippen LogP contribution in [0.1, 0.15) is 18.1 Å². The average molecular weight is 398 g/mol. The Bertz CT molecular complexity index is 705. The molecule has 2 heterocycles. The van der Waals surface area contributed by atoms with Gasteiger partial charge in [0.25, 0.3) is 5.91 Å². The predicted octanol–water partition coefficient (Wildman–Crippen LogP) is 2.03. The van der Waals surface area contributed by atoms with Crippen LogP contribution in [0.3, 0.4) is 0 Å². The van der Waals surface area contributed by atoms with Gasteiger partial charge < -0.3 is 14.8 Å². The predicted molar refractivity (Wildman–Crippen MR) is 107 cm³/mol. The third-order valence-electron chi connectivity index (χ3n) is 4.39. The fraction of sp³-hybridized carbons (Fsp3) is 0.444. The molecule has 0 aromatic heterocycles. The van der Waals surface area contributed by atoms with Gasteiger partial charge in [-0.05, 0) is 42.9 Å². The summed E-state index contributed by atoms with van der Waals surface area (Å²) in [6.07, 6.45) is 1.84. The van der Waals surface area contributed by atoms with Gasteiger partial charge >= 0.3 is 0 Å². The van der Waals surface area contributed by atoms with Gasteiger partial charge in [-0.25, -0.2) is 0 Å². The first kappa shape index (κ1) is 20.6. The van der Waals surface area contributed by atoms with Crippen LogP contribution in [0.4, 0.5) is 0 Å². The van der Waals surface area contributed by atoms with Crippen molar-refractivity contribution < 1.29 is 14.3 Å². The molecule has 1 aromatic carbocycles. The molecule has 2 aliphatic rings. The number of methoxy groups -OCH3 is 1. The number of amides is 1. The molecule has 0 radical (unpaired) electrons. The Balaban J connectivity index is 0.00000243. The van der Waals surface area contributed by atoms with Crippen molar-refractivity contribution in [3.63, 3.8) is 0 Å². The quantitative estimate of drug-likeness (QED) is 0.606. The maximum Gasteiger partial charge on any atom is 0.276 e. The molecule has 142 valence electrons. The lowest BCUT2D eigenvalue weighted by atomic mass is 10.1. The lowest BCUT2D eigenvalue weighted by Crippen LogP contribution is -2.35. The molecular weight excluding hydrogens is 374 g/mol. The van der Waals surface area contributed by atoms with Crippen LogP contribution in [0.2, 0.25) is 0 Å². The van der Waals surface area contributed by atoms with Gasteiger partial charge in [0.1, 0.15) is 11.4 Å². The van der Waals surface area contributed by atoms with Crippen molar-refractivity contribution in [1.82, 2.24) is 15.1 Å². The molecule has 2 saturated heterocycles. The molecule has 3 rings (SSSR count). The normalized spacial score (nSPS) is 19.5. The number of benzene rings is 1. The second-order valence-electron chi connectivity index (χ2n) is 6.00. The van der Waals surface area contributed by atoms with E-state index in [2.05, 4.69) is 16.3 Å². The summed E-state index contributed by atoms with van der Waals surface area (Å²) in [5.41, 5.74) is 2.55. The molecule has 2 fully saturated rings. The maximum atomic E-state index is 12.3. The number of nitrogens with zero attached hydrogens (tertiary/aromatic N) is 2. The van der Waals surface area contributed by atoms with Crippen molar-refractivity contribution in [3.8, 4) is 5.75 Å². The SMILES string of the molecule is CCN1C(=O)/C(=C\c2ccc(OC)c(CN3CCOCC3)c2)NC1=S.Cl. The lowest BCUT2D eigenvalue weighted by Gasteiger charge is -2.27. The van der Waals surface area contributed by atoms with Gasteiger partial charge in [0.2, 0.25) is 0 Å². The van der Waals surface area contributed by atoms with E-state index in [1.165, 1.54) is 0 Å². The molecule has 0 spiro atoms. The van der Waals surface area contributed by atoms with E-state index in [1.54, 1.807) is 12.0 Å². The number of hydrogen-bond acceptors (Lipinski definition) is 5. The summed E-state index contributed by atoms with van der Waals surface area (Å²) in [5, 5.41) is 3.45. The molecule has 26 heavy (non-hydrogen) atoms. The Hall–Kier alpha value is -1.67. The molecule has 1 amide bonds. The first-order valence-electron chi connectivity index (χ1n) is 8.44. The summed E-state index contributed by atoms with van der Waals surface area (Å²) < 4.78 is 10.9. The van der Waals surface area contributed by atoms with Crippen LogP contribution in [0, 0.1) is 0 Å². The second kappa shape index (κ2) is 9.32. The van der Waals surface area contributed by atoms with E-state index >= 15 is 0 Å². The molecule has 1 aromatic rings. The van der Waals surface area contributed by atoms with Crippen LogP contribution in [0.25, 0.3) is 6.08 Å². The fourth-order valence-corrected chi connectivity index (χ4v) is 3.36. The number of hydrogen-bond donors (Lipinski definition) is 1. The highest BCUT2D eigenvalue weighted by Crippen LogP contribution is 2.24. The minimum Gasteiger partial charge on any atom is -0.496 e. The van der Waals surface area contributed by atoms with Gasteiger partial charge in [-0.1, -0.05) is 6.07 Å². The first-order valence-corrected chi connectivity index (χ1v) is 8.84. The van der Waals surface area contributed by atoms with Crippen molar-refractivity contribution in [2.45, 2.75) is 13.5 Å². The van der Waals surface area contributed by atoms with E-state index in [-0.39, 0.29) is 18.3 Å². The van der Waals surface area contributed by atoms with Crippen molar-refractivity contribution in [3.05, 3.63) is 35.0 Å². The fourth-order valence-electron chi connectivity index (χ4n) is 3.04. The van der Waals surface area contributed by atoms with E-state index in [0.29, 0.717) is 17.4 Å². The number of thiocarbonyl (C=S) groups is 1. The summed E-state index contributed by atoms with van der Waals surface area (Å²) in [6, 6.07) is 5.95. The molecule has 0 bridgehead atoms. The molecule has 2 aliphatic heterocycles. The van der Waals surface area contributed by atoms with Gasteiger partial charge in [-0.2, -0.15) is 0 Å². The van der Waals surface area contributed by atoms with Crippen molar-refractivity contribution in [2.75, 3.05) is 40.0 Å². The zero-order valence-electron chi connectivity index (χ0n) is 15.0. The largest absolute Gasteiger partial charge is 0.496 e. The van der Waals surface area contributed by atoms with Gasteiger partial charge in [0.15, 0.2) is 5.11 Å². The van der Waals surface area contributed by atoms with Gasteiger partial charge in [-0.15, -0.1) is 12.4 Å². The van der Waals surface area contributed by atoms with Crippen LogP contribution in [-0.4, -0.2) is 60.8 Å². The molecule has 6 nitrogen and oxygen atoms in total. The minimum atomic E-state index is -0.0851. The van der Waals surface area contributed by atoms with E-state index in [4.69, 9.17) is 21.7 Å². The summed E-state index contributed by atoms with van der Waals surface area (Å²) in [4.78, 5) is 16.2. The molecule has 1 N–H and O–H groups in total. The molecule has 0 aliphatic carbocycles. The third kappa shape index (κ3) is 4.54. The average Bonchev–Trinajstić information content (AvgIpc) is 2.89. The lowest BCUT2D eigenvalue weighted by molar-refractivity contribution is -0.122. The zero-order chi connectivity index (χ0) is 17.8. The van der Waals surface area contributed by atoms with E-state index < -0.39 is 0 Å². The molecular formula is C18H24ClN3O3S. The summed E-state index contributed by atoms with van der Waals surface area (Å²) >= 11 is 5.20. The summed E-state index contributed by atoms with van der Waals surface area (Å²) in [5.74, 6) is 0.767. The summed E-state index contributed by atoms with van der Waals surface area (Å²) in [6.45, 7) is 6.60. The monoisotopic (exact) mass is 397 g/mol. The Morgan fingerprint density at radius 3 is 2.69 bits per heavy atom. The number of carbonyl (C=O) groups is 1. The third-order valence-corrected chi connectivity index (χ3v) is 4.71. The highest BCUT2D eigenvalue weighted by molar-refractivity contribution is 7.80. The topological polar surface area (TPSA) is 54.0 Å². The number of rotatable bonds is 5. The van der Waals surface area contributed by atoms with Crippen LogP contribution >= 0.6 is 24.6 Å². The van der Waals surface area contributed by atoms with E-state index in [1.807, 2.05) is 25.1 Å². The minimum absolute atomic E-state index is 0. The zero-order valence-corrected chi connectivity index (χ0v) is 16.6. The van der Waals surface area contributed by atoms with Crippen LogP contribution < -0.4 is 10.1 Å². The Kier molecular flexibility index (Phi) is 7.40. The maximum absolute atomic E-state index is 12.3. The number of morpholine rings is 1. The highest BCUT2D eigenvalue weighted by atomic mass is 35.5. The number of carbonyl (C=O) groups excluding carboxylic acids is 1. The van der Waals surface area contributed by atoms with Crippen molar-refractivity contribution in [2.24, 2.45) is 0 Å². The van der Waals surface area contributed by atoms with Gasteiger partial charge in [0, 0.05) is 31.7 Å². The highest BCUT2D eigenvalue weighted by Gasteiger charge is 2.29. The first-order chi connectivity index (χ1) is 12.1. The second-order valence-corrected chi connectivity index (χ2v) is 6.38. The summed E-state index contributed by atoms with van der Waals surface area (Å²) in [7, 11) is 1.68. The number of likely N-dealkylation sites (N-methyl/N-ethyl adjacent to an activating group) is 1. The number of nitrogens with one attached hydrogen (secondary N) is 1. The van der Waals surface area contributed by atoms with Crippen LogP contribution in [0.5, 0.6) is 5.75 Å². The standard InChI is InChI=1S/C18H23N3O3S.ClH/c1-3-21-17(22)15(19-18(21)25)11-13-4-5-16(23-2)14(10-13)12-20-6-8-24-9-7-20;/h4-5,10-11H,3,6-9,12H2,1-2H3,(H,19,25);1H/b15-11+;. The molecule has 0 saturated carbocycles. The number of halogens is 1. The van der Waals surface area contributed by atoms with Gasteiger partial charge in [0.05, 0.1) is 20.3 Å². The van der Waals surface area contributed by atoms with Crippen molar-refractivity contribution >= 4 is 41.7 Å². The molecule has 0 atom stereocenters. The van der Waals surface area contributed by atoms with E-state index in [0.717, 1.165) is 49.7 Å². The van der Waals surface area contributed by atoms with Gasteiger partial charge in [-0.3, -0.25) is 14.6 Å². The Labute approximate surface area is 165 Å². The smallest absolute Gasteiger partial charge is 0.276 e. The molecule has 0 unspecified atom stereocenters. The van der Waals surface area contributed by atoms with E-state index in [9.17, 15) is 4.79 Å². The van der Waals surface area contributed by atoms with Crippen LogP contribution in [-0.2, 0) is 16.1 Å². The Morgan fingerprint density at radius 1 is 1.35 bits per heavy atom. The van der Waals surface area contributed by atoms with Crippen molar-refractivity contribution in [1.29, 1.82) is 0 Å². The number of ether oxygens (including phenoxy) is 2. The van der Waals surface area contributed by atoms with Crippen LogP contribution in [0.15, 0.2) is 23.9 Å². The molecule has 8 heteroatoms. The Morgan fingerprint density at radius 2 is 2.08 bits per heavy atom.